The van der Waals surface area contributed by atoms with Gasteiger partial charge in [0.05, 0.1) is 22.7 Å². The number of hydrogen-bond donors (Lipinski definition) is 1. The molecule has 4 aliphatic rings. The maximum atomic E-state index is 14.9. The van der Waals surface area contributed by atoms with Crippen molar-refractivity contribution in [3.8, 4) is 0 Å². The molecule has 0 unspecified atom stereocenters. The van der Waals surface area contributed by atoms with Gasteiger partial charge < -0.3 is 52.5 Å². The largest absolute Gasteiger partial charge is 0.465 e. The van der Waals surface area contributed by atoms with Gasteiger partial charge in [-0.15, -0.1) is 0 Å². The minimum atomic E-state index is -3.03. The number of aliphatic hydroxyl groups is 1. The molecule has 4 bridgehead atoms. The Morgan fingerprint density at radius 1 is 0.727 bits per heavy atom. The molecular weight excluding hydrogens is 874 g/mol. The average Bonchev–Trinajstić information content (AvgIpc) is 3.45. The van der Waals surface area contributed by atoms with E-state index in [-0.39, 0.29) is 23.2 Å². The van der Waals surface area contributed by atoms with Crippen LogP contribution in [-0.2, 0) is 87.4 Å². The number of aryl methyl sites for hydroxylation is 1. The Labute approximate surface area is 377 Å². The molecule has 1 saturated heterocycles. The first-order valence-electron chi connectivity index (χ1n) is 20.9. The van der Waals surface area contributed by atoms with Crippen LogP contribution < -0.4 is 0 Å². The molecule has 21 nitrogen and oxygen atoms in total. The molecule has 2 aliphatic carbocycles. The highest BCUT2D eigenvalue weighted by atomic mass is 16.7. The predicted molar refractivity (Wildman–Crippen MR) is 216 cm³/mol. The number of fused-ring (bicyclic) bond motifs is 5. The van der Waals surface area contributed by atoms with Crippen molar-refractivity contribution in [1.82, 2.24) is 4.98 Å². The molecule has 12 atom stereocenters. The van der Waals surface area contributed by atoms with E-state index < -0.39 is 144 Å². The molecule has 66 heavy (non-hydrogen) atoms. The predicted octanol–water partition coefficient (Wildman–Crippen LogP) is 1.84. The molecule has 2 saturated carbocycles. The van der Waals surface area contributed by atoms with Gasteiger partial charge in [-0.3, -0.25) is 33.8 Å². The number of benzene rings is 1. The first kappa shape index (κ1) is 49.0. The fourth-order valence-electron chi connectivity index (χ4n) is 10.1. The second-order valence-electron chi connectivity index (χ2n) is 17.3. The van der Waals surface area contributed by atoms with Gasteiger partial charge in [0.25, 0.3) is 0 Å². The Hall–Kier alpha value is -6.48. The number of nitrogens with zero attached hydrogens (tertiary/aromatic N) is 1. The molecule has 1 spiro atoms. The lowest BCUT2D eigenvalue weighted by Crippen LogP contribution is -2.89. The van der Waals surface area contributed by atoms with Gasteiger partial charge in [0.15, 0.2) is 30.0 Å². The van der Waals surface area contributed by atoms with E-state index in [9.17, 15) is 48.3 Å². The Kier molecular flexibility index (Phi) is 13.4. The van der Waals surface area contributed by atoms with E-state index in [1.54, 1.807) is 6.07 Å². The van der Waals surface area contributed by atoms with E-state index in [2.05, 4.69) is 4.98 Å². The molecule has 6 rings (SSSR count). The van der Waals surface area contributed by atoms with Crippen molar-refractivity contribution in [3.05, 3.63) is 65.5 Å². The van der Waals surface area contributed by atoms with Gasteiger partial charge in [-0.25, -0.2) is 14.4 Å². The van der Waals surface area contributed by atoms with Gasteiger partial charge in [-0.1, -0.05) is 18.2 Å². The highest BCUT2D eigenvalue weighted by molar-refractivity contribution is 5.91. The second kappa shape index (κ2) is 18.1. The Morgan fingerprint density at radius 2 is 1.32 bits per heavy atom. The first-order chi connectivity index (χ1) is 30.8. The number of carbonyl (C=O) groups excluding carboxylic acids is 9. The van der Waals surface area contributed by atoms with Crippen molar-refractivity contribution in [2.45, 2.75) is 134 Å². The number of esters is 9. The molecule has 1 aromatic carbocycles. The zero-order valence-electron chi connectivity index (χ0n) is 37.6. The van der Waals surface area contributed by atoms with E-state index in [0.29, 0.717) is 0 Å². The van der Waals surface area contributed by atoms with E-state index in [0.717, 1.165) is 48.5 Å². The summed E-state index contributed by atoms with van der Waals surface area (Å²) >= 11 is 0. The van der Waals surface area contributed by atoms with Crippen LogP contribution in [-0.4, -0.2) is 136 Å². The lowest BCUT2D eigenvalue weighted by Gasteiger charge is -2.67. The van der Waals surface area contributed by atoms with Crippen LogP contribution in [0.1, 0.15) is 95.1 Å². The quantitative estimate of drug-likeness (QED) is 0.277. The number of aromatic nitrogens is 1. The fraction of sp³-hybridized carbons (Fsp3) is 0.556. The number of ether oxygens (including phenoxy) is 10. The third kappa shape index (κ3) is 8.44. The fourth-order valence-corrected chi connectivity index (χ4v) is 10.1. The first-order valence-corrected chi connectivity index (χ1v) is 20.9. The lowest BCUT2D eigenvalue weighted by atomic mass is 9.45. The van der Waals surface area contributed by atoms with Gasteiger partial charge in [0, 0.05) is 54.2 Å². The SMILES string of the molecule is CC(=O)OC[C@]12[C@H](OC(C)=O)[C@@H](OC(C)=O)[C@@H]3[C@@H](OC(=O)c4ccccc4)[C@@]14O[C@@]3(C)COC(=O)c1cccnc1CC[C@@](C)(OC(C)=O)C(=O)O[C@@H]([C@H](OC(C)=O)[C@@H]2OC(C)=O)[C@]4(C)O. The zero-order valence-corrected chi connectivity index (χ0v) is 37.6. The van der Waals surface area contributed by atoms with Gasteiger partial charge in [-0.2, -0.15) is 0 Å². The molecule has 2 aliphatic heterocycles. The highest BCUT2D eigenvalue weighted by Crippen LogP contribution is 2.70. The van der Waals surface area contributed by atoms with E-state index in [1.165, 1.54) is 56.4 Å². The summed E-state index contributed by atoms with van der Waals surface area (Å²) in [6, 6.07) is 10.2. The third-order valence-electron chi connectivity index (χ3n) is 12.5. The van der Waals surface area contributed by atoms with Gasteiger partial charge in [0.2, 0.25) is 5.60 Å². The smallest absolute Gasteiger partial charge is 0.350 e. The molecule has 1 aromatic heterocycles. The number of carbonyl (C=O) groups is 9. The number of cyclic esters (lactones) is 1. The van der Waals surface area contributed by atoms with Crippen molar-refractivity contribution >= 4 is 53.7 Å². The van der Waals surface area contributed by atoms with Crippen molar-refractivity contribution in [2.75, 3.05) is 13.2 Å². The van der Waals surface area contributed by atoms with Crippen molar-refractivity contribution < 1.29 is 95.6 Å². The van der Waals surface area contributed by atoms with Crippen LogP contribution in [0.4, 0.5) is 0 Å². The van der Waals surface area contributed by atoms with Crippen LogP contribution in [0.15, 0.2) is 48.7 Å². The minimum absolute atomic E-state index is 0.0691. The Balaban J connectivity index is 1.82. The molecule has 0 radical (unpaired) electrons. The van der Waals surface area contributed by atoms with Crippen molar-refractivity contribution in [3.63, 3.8) is 0 Å². The third-order valence-corrected chi connectivity index (χ3v) is 12.5. The topological polar surface area (TPSA) is 279 Å². The van der Waals surface area contributed by atoms with Crippen molar-refractivity contribution in [2.24, 2.45) is 11.3 Å². The number of hydrogen-bond acceptors (Lipinski definition) is 21. The summed E-state index contributed by atoms with van der Waals surface area (Å²) in [5.74, 6) is -11.6. The zero-order chi connectivity index (χ0) is 48.7. The summed E-state index contributed by atoms with van der Waals surface area (Å²) in [4.78, 5) is 127. The summed E-state index contributed by atoms with van der Waals surface area (Å²) in [5.41, 5.74) is -13.3. The minimum Gasteiger partial charge on any atom is -0.465 e. The maximum Gasteiger partial charge on any atom is 0.350 e. The van der Waals surface area contributed by atoms with Crippen LogP contribution in [0.25, 0.3) is 0 Å². The van der Waals surface area contributed by atoms with Gasteiger partial charge in [0.1, 0.15) is 42.0 Å². The lowest BCUT2D eigenvalue weighted by molar-refractivity contribution is -0.386. The molecule has 3 heterocycles. The monoisotopic (exact) mass is 925 g/mol. The molecule has 21 heteroatoms. The van der Waals surface area contributed by atoms with Crippen LogP contribution in [0.5, 0.6) is 0 Å². The standard InChI is InChI=1S/C45H51NO20/c1-22(47)57-21-44-36(61-25(4)50)32(59-23(2)48)31-34(63-38(53)28-14-11-10-12-15-28)45(44)43(9,56)35(33(60-24(3)49)37(44)62-26(5)51)64-40(55)41(7,65-27(6)52)18-17-30-29(16-13-19-46-30)39(54)58-20-42(31,8)66-45/h10-16,19,31-37,56H,17-18,20-21H2,1-9H3/t31-,32+,33+,34-,35+,36-,37+,41-,42+,43+,44-,45+/m1/s1. The van der Waals surface area contributed by atoms with E-state index in [1.807, 2.05) is 0 Å². The van der Waals surface area contributed by atoms with Crippen LogP contribution >= 0.6 is 0 Å². The number of rotatable bonds is 9. The van der Waals surface area contributed by atoms with E-state index in [4.69, 9.17) is 47.4 Å². The molecular formula is C45H51NO20. The van der Waals surface area contributed by atoms with Crippen LogP contribution in [0, 0.1) is 11.3 Å². The second-order valence-corrected chi connectivity index (χ2v) is 17.3. The molecule has 0 amide bonds. The average molecular weight is 926 g/mol. The summed E-state index contributed by atoms with van der Waals surface area (Å²) in [5, 5.41) is 13.8. The molecule has 1 N–H and O–H groups in total. The molecule has 3 fully saturated rings. The highest BCUT2D eigenvalue weighted by Gasteiger charge is 2.92. The molecule has 2 aromatic rings. The van der Waals surface area contributed by atoms with Gasteiger partial charge >= 0.3 is 53.7 Å². The summed E-state index contributed by atoms with van der Waals surface area (Å²) < 4.78 is 61.0. The van der Waals surface area contributed by atoms with Crippen LogP contribution in [0.3, 0.4) is 0 Å². The Bertz CT molecular complexity index is 2310. The van der Waals surface area contributed by atoms with E-state index >= 15 is 0 Å². The summed E-state index contributed by atoms with van der Waals surface area (Å²) in [7, 11) is 0. The van der Waals surface area contributed by atoms with Crippen molar-refractivity contribution in [1.29, 1.82) is 0 Å². The normalized spacial score (nSPS) is 34.6. The maximum absolute atomic E-state index is 14.9. The number of pyridine rings is 1. The summed E-state index contributed by atoms with van der Waals surface area (Å²) in [6.07, 6.45) is -12.2. The van der Waals surface area contributed by atoms with Crippen LogP contribution in [0.2, 0.25) is 0 Å². The van der Waals surface area contributed by atoms with Gasteiger partial charge in [-0.05, 0) is 51.5 Å². The molecule has 356 valence electrons. The Morgan fingerprint density at radius 3 is 1.89 bits per heavy atom. The summed E-state index contributed by atoms with van der Waals surface area (Å²) in [6.45, 7) is 7.32.